The van der Waals surface area contributed by atoms with Crippen LogP contribution in [-0.2, 0) is 10.7 Å². The number of hydrogen-bond acceptors (Lipinski definition) is 5. The van der Waals surface area contributed by atoms with Crippen molar-refractivity contribution in [1.82, 2.24) is 15.3 Å². The molecule has 210 valence electrons. The van der Waals surface area contributed by atoms with Crippen LogP contribution < -0.4 is 16.6 Å². The van der Waals surface area contributed by atoms with Crippen LogP contribution >= 0.6 is 0 Å². The van der Waals surface area contributed by atoms with Crippen molar-refractivity contribution in [1.29, 1.82) is 0 Å². The average Bonchev–Trinajstić information content (AvgIpc) is 2.86. The van der Waals surface area contributed by atoms with Gasteiger partial charge in [0.05, 0.1) is 17.7 Å². The Labute approximate surface area is 224 Å². The summed E-state index contributed by atoms with van der Waals surface area (Å²) >= 11 is 0. The first-order chi connectivity index (χ1) is 17.8. The molecule has 38 heavy (non-hydrogen) atoms. The predicted molar refractivity (Wildman–Crippen MR) is 149 cm³/mol. The standard InChI is InChI=1S/C27H36F2N4O3.C2H6/c1-16(30)11-12-23(17(2)26(35)36)32-18(3)22-13-21(27(5,28)29)15-31-25(34)14-24(33-19(22)4)20-9-7-6-8-10-20;1-2/h9,11-15,17-18,32H,6-8,10,30H2,1-5H3,(H,31,34)(H,35,36);1-2H3/b16-11-,23-12+;. The van der Waals surface area contributed by atoms with Crippen molar-refractivity contribution < 1.29 is 18.7 Å². The molecular formula is C29H42F2N4O3. The maximum Gasteiger partial charge on any atom is 0.312 e. The largest absolute Gasteiger partial charge is 0.481 e. The number of nitrogens with two attached hydrogens (primary N) is 1. The minimum Gasteiger partial charge on any atom is -0.481 e. The van der Waals surface area contributed by atoms with Gasteiger partial charge in [-0.25, -0.2) is 8.78 Å². The monoisotopic (exact) mass is 532 g/mol. The molecule has 0 amide bonds. The highest BCUT2D eigenvalue weighted by atomic mass is 19.3. The maximum absolute atomic E-state index is 14.5. The Morgan fingerprint density at radius 3 is 2.42 bits per heavy atom. The number of alkyl halides is 2. The van der Waals surface area contributed by atoms with Gasteiger partial charge in [-0.05, 0) is 82.7 Å². The Balaban J connectivity index is 0.00000352. The molecule has 5 N–H and O–H groups in total. The Hall–Kier alpha value is -3.49. The fourth-order valence-electron chi connectivity index (χ4n) is 3.83. The number of aromatic amines is 1. The number of nitrogens with one attached hydrogen (secondary N) is 2. The number of carboxylic acid groups (broad SMARTS) is 1. The summed E-state index contributed by atoms with van der Waals surface area (Å²) in [5.74, 6) is -5.19. The van der Waals surface area contributed by atoms with E-state index in [0.29, 0.717) is 28.3 Å². The molecule has 1 aliphatic carbocycles. The van der Waals surface area contributed by atoms with E-state index in [2.05, 4.69) is 16.4 Å². The molecule has 0 aromatic carbocycles. The van der Waals surface area contributed by atoms with Gasteiger partial charge in [0, 0.05) is 41.8 Å². The predicted octanol–water partition coefficient (Wildman–Crippen LogP) is 6.42. The van der Waals surface area contributed by atoms with Crippen molar-refractivity contribution >= 4 is 11.5 Å². The number of aromatic nitrogens is 2. The van der Waals surface area contributed by atoms with Crippen LogP contribution in [0.3, 0.4) is 0 Å². The summed E-state index contributed by atoms with van der Waals surface area (Å²) < 4.78 is 28.9. The van der Waals surface area contributed by atoms with Crippen LogP contribution in [0.5, 0.6) is 0 Å². The van der Waals surface area contributed by atoms with Gasteiger partial charge in [0.15, 0.2) is 0 Å². The number of halogens is 2. The molecule has 2 rings (SSSR count). The van der Waals surface area contributed by atoms with Crippen molar-refractivity contribution in [3.63, 3.8) is 0 Å². The van der Waals surface area contributed by atoms with E-state index in [9.17, 15) is 23.5 Å². The van der Waals surface area contributed by atoms with Gasteiger partial charge < -0.3 is 21.1 Å². The smallest absolute Gasteiger partial charge is 0.312 e. The number of rotatable bonds is 8. The minimum absolute atomic E-state index is 0.360. The van der Waals surface area contributed by atoms with Crippen LogP contribution in [0.4, 0.5) is 8.78 Å². The molecule has 2 atom stereocenters. The van der Waals surface area contributed by atoms with Gasteiger partial charge in [-0.15, -0.1) is 0 Å². The molecule has 1 heterocycles. The van der Waals surface area contributed by atoms with Crippen molar-refractivity contribution in [3.05, 3.63) is 80.8 Å². The fraction of sp³-hybridized carbons (Fsp3) is 0.483. The zero-order chi connectivity index (χ0) is 29.0. The second-order valence-electron chi connectivity index (χ2n) is 9.26. The van der Waals surface area contributed by atoms with Crippen LogP contribution in [0, 0.1) is 12.8 Å². The van der Waals surface area contributed by atoms with Crippen LogP contribution in [0.25, 0.3) is 5.57 Å². The lowest BCUT2D eigenvalue weighted by atomic mass is 9.97. The molecule has 0 radical (unpaired) electrons. The van der Waals surface area contributed by atoms with Crippen LogP contribution in [0.2, 0.25) is 0 Å². The summed E-state index contributed by atoms with van der Waals surface area (Å²) in [6, 6.07) is 2.02. The van der Waals surface area contributed by atoms with E-state index in [1.807, 2.05) is 13.8 Å². The summed E-state index contributed by atoms with van der Waals surface area (Å²) in [7, 11) is 0. The highest BCUT2D eigenvalue weighted by Crippen LogP contribution is 2.29. The number of aliphatic carboxylic acids is 1. The molecule has 1 aromatic heterocycles. The molecule has 1 aromatic rings. The van der Waals surface area contributed by atoms with Crippen molar-refractivity contribution in [2.45, 2.75) is 86.1 Å². The molecule has 9 heteroatoms. The Kier molecular flexibility index (Phi) is 12.9. The number of carbonyl (C=O) groups is 1. The first kappa shape index (κ1) is 32.5. The molecule has 0 spiro atoms. The summed E-state index contributed by atoms with van der Waals surface area (Å²) in [4.78, 5) is 31.3. The highest BCUT2D eigenvalue weighted by Gasteiger charge is 2.26. The van der Waals surface area contributed by atoms with Gasteiger partial charge in [0.25, 0.3) is 5.92 Å². The van der Waals surface area contributed by atoms with E-state index in [1.165, 1.54) is 19.1 Å². The van der Waals surface area contributed by atoms with E-state index in [4.69, 9.17) is 10.7 Å². The highest BCUT2D eigenvalue weighted by molar-refractivity contribution is 5.73. The second-order valence-corrected chi connectivity index (χ2v) is 9.26. The Morgan fingerprint density at radius 2 is 1.89 bits per heavy atom. The molecule has 0 saturated carbocycles. The molecule has 0 saturated heterocycles. The molecule has 1 aliphatic rings. The zero-order valence-electron chi connectivity index (χ0n) is 23.5. The van der Waals surface area contributed by atoms with Crippen LogP contribution in [0.1, 0.15) is 95.8 Å². The topological polar surface area (TPSA) is 121 Å². The molecule has 7 nitrogen and oxygen atoms in total. The zero-order valence-corrected chi connectivity index (χ0v) is 23.5. The molecule has 0 bridgehead atoms. The normalized spacial score (nSPS) is 15.8. The maximum atomic E-state index is 14.5. The third-order valence-corrected chi connectivity index (χ3v) is 5.99. The first-order valence-electron chi connectivity index (χ1n) is 13.0. The van der Waals surface area contributed by atoms with E-state index < -0.39 is 35.0 Å². The minimum atomic E-state index is -3.25. The summed E-state index contributed by atoms with van der Waals surface area (Å²) in [5.41, 5.74) is 7.90. The van der Waals surface area contributed by atoms with Crippen molar-refractivity contribution in [3.8, 4) is 0 Å². The second kappa shape index (κ2) is 15.1. The third-order valence-electron chi connectivity index (χ3n) is 5.99. The number of hydrogen-bond donors (Lipinski definition) is 4. The van der Waals surface area contributed by atoms with Crippen molar-refractivity contribution in [2.75, 3.05) is 0 Å². The van der Waals surface area contributed by atoms with E-state index >= 15 is 0 Å². The van der Waals surface area contributed by atoms with E-state index in [-0.39, 0.29) is 0 Å². The van der Waals surface area contributed by atoms with Gasteiger partial charge in [0.1, 0.15) is 0 Å². The average molecular weight is 533 g/mol. The van der Waals surface area contributed by atoms with Gasteiger partial charge in [-0.3, -0.25) is 14.6 Å². The number of allylic oxidation sites excluding steroid dienone is 5. The van der Waals surface area contributed by atoms with Crippen LogP contribution in [0.15, 0.2) is 52.7 Å². The quantitative estimate of drug-likeness (QED) is 0.287. The van der Waals surface area contributed by atoms with E-state index in [1.54, 1.807) is 32.9 Å². The fourth-order valence-corrected chi connectivity index (χ4v) is 3.83. The lowest BCUT2D eigenvalue weighted by Gasteiger charge is -2.22. The first-order valence-corrected chi connectivity index (χ1v) is 13.0. The van der Waals surface area contributed by atoms with Crippen molar-refractivity contribution in [2.24, 2.45) is 11.7 Å². The Bertz CT molecular complexity index is 1180. The third kappa shape index (κ3) is 10.1. The van der Waals surface area contributed by atoms with Gasteiger partial charge in [-0.1, -0.05) is 19.9 Å². The van der Waals surface area contributed by atoms with E-state index in [0.717, 1.165) is 44.4 Å². The Morgan fingerprint density at radius 1 is 1.24 bits per heavy atom. The number of carboxylic acids is 1. The molecule has 2 unspecified atom stereocenters. The van der Waals surface area contributed by atoms with Gasteiger partial charge >= 0.3 is 5.97 Å². The lowest BCUT2D eigenvalue weighted by Crippen LogP contribution is -2.27. The summed E-state index contributed by atoms with van der Waals surface area (Å²) in [6.45, 7) is 11.4. The summed E-state index contributed by atoms with van der Waals surface area (Å²) in [6.07, 6.45) is 9.89. The number of nitrogens with zero attached hydrogens (tertiary/aromatic N) is 1. The van der Waals surface area contributed by atoms with Crippen LogP contribution in [-0.4, -0.2) is 21.0 Å². The lowest BCUT2D eigenvalue weighted by molar-refractivity contribution is -0.140. The molecular weight excluding hydrogens is 490 g/mol. The SMILES string of the molecule is C/C(N)=C/C=C(/NC(C)c1cc(C(C)(F)F)c[nH]c(=O)cc(C2=CCCCC2)nc1C)C(C)C(=O)O.CC. The summed E-state index contributed by atoms with van der Waals surface area (Å²) in [5, 5.41) is 12.7. The molecule has 0 fully saturated rings. The molecule has 0 aliphatic heterocycles. The number of aryl methyl sites for hydroxylation is 1. The van der Waals surface area contributed by atoms with Gasteiger partial charge in [-0.2, -0.15) is 0 Å². The van der Waals surface area contributed by atoms with Gasteiger partial charge in [0.2, 0.25) is 5.56 Å². The number of H-pyrrole nitrogens is 1.